The summed E-state index contributed by atoms with van der Waals surface area (Å²) in [5.74, 6) is 2.47. The Balaban J connectivity index is 1.92. The third-order valence-electron chi connectivity index (χ3n) is 4.53. The predicted octanol–water partition coefficient (Wildman–Crippen LogP) is 3.47. The number of nitrogens with one attached hydrogen (secondary N) is 1. The van der Waals surface area contributed by atoms with Crippen LogP contribution in [-0.2, 0) is 0 Å². The van der Waals surface area contributed by atoms with Crippen molar-refractivity contribution in [3.05, 3.63) is 12.1 Å². The first-order chi connectivity index (χ1) is 9.72. The standard InChI is InChI=1S/C16H24N2O2/c1-4-12(5-2)9-18-11(3)8-17-13-6-15-16(7-14(13)18)20-10-19-15/h6-7,11-12,17H,4-5,8-10H2,1-3H3. The van der Waals surface area contributed by atoms with Gasteiger partial charge in [0.05, 0.1) is 11.4 Å². The van der Waals surface area contributed by atoms with Crippen molar-refractivity contribution in [1.82, 2.24) is 0 Å². The Morgan fingerprint density at radius 1 is 1.25 bits per heavy atom. The van der Waals surface area contributed by atoms with E-state index in [2.05, 4.69) is 43.1 Å². The van der Waals surface area contributed by atoms with E-state index >= 15 is 0 Å². The molecule has 0 saturated carbocycles. The molecule has 0 saturated heterocycles. The summed E-state index contributed by atoms with van der Waals surface area (Å²) in [4.78, 5) is 2.52. The maximum atomic E-state index is 5.53. The van der Waals surface area contributed by atoms with Crippen molar-refractivity contribution in [2.75, 3.05) is 30.1 Å². The van der Waals surface area contributed by atoms with E-state index in [0.29, 0.717) is 12.8 Å². The van der Waals surface area contributed by atoms with Gasteiger partial charge in [-0.05, 0) is 12.8 Å². The van der Waals surface area contributed by atoms with E-state index < -0.39 is 0 Å². The van der Waals surface area contributed by atoms with Gasteiger partial charge in [0, 0.05) is 31.3 Å². The minimum Gasteiger partial charge on any atom is -0.454 e. The fraction of sp³-hybridized carbons (Fsp3) is 0.625. The largest absolute Gasteiger partial charge is 0.454 e. The third kappa shape index (κ3) is 2.28. The first-order valence-electron chi connectivity index (χ1n) is 7.67. The molecule has 0 bridgehead atoms. The van der Waals surface area contributed by atoms with Gasteiger partial charge in [0.15, 0.2) is 11.5 Å². The van der Waals surface area contributed by atoms with Crippen LogP contribution >= 0.6 is 0 Å². The Kier molecular flexibility index (Phi) is 3.64. The van der Waals surface area contributed by atoms with Gasteiger partial charge >= 0.3 is 0 Å². The molecule has 1 unspecified atom stereocenters. The van der Waals surface area contributed by atoms with Gasteiger partial charge in [0.1, 0.15) is 0 Å². The zero-order valence-electron chi connectivity index (χ0n) is 12.6. The van der Waals surface area contributed by atoms with Gasteiger partial charge in [-0.2, -0.15) is 0 Å². The first kappa shape index (κ1) is 13.4. The predicted molar refractivity (Wildman–Crippen MR) is 81.9 cm³/mol. The second kappa shape index (κ2) is 5.43. The summed E-state index contributed by atoms with van der Waals surface area (Å²) >= 11 is 0. The Morgan fingerprint density at radius 2 is 1.95 bits per heavy atom. The van der Waals surface area contributed by atoms with Gasteiger partial charge in [-0.15, -0.1) is 0 Å². The topological polar surface area (TPSA) is 33.7 Å². The number of ether oxygens (including phenoxy) is 2. The maximum Gasteiger partial charge on any atom is 0.231 e. The molecule has 0 spiro atoms. The maximum absolute atomic E-state index is 5.53. The van der Waals surface area contributed by atoms with Crippen molar-refractivity contribution >= 4 is 11.4 Å². The number of hydrogen-bond acceptors (Lipinski definition) is 4. The smallest absolute Gasteiger partial charge is 0.231 e. The minimum absolute atomic E-state index is 0.334. The molecule has 0 aliphatic carbocycles. The average molecular weight is 276 g/mol. The third-order valence-corrected chi connectivity index (χ3v) is 4.53. The summed E-state index contributed by atoms with van der Waals surface area (Å²) in [5, 5.41) is 3.50. The highest BCUT2D eigenvalue weighted by Gasteiger charge is 2.27. The normalized spacial score (nSPS) is 20.0. The molecule has 4 heteroatoms. The quantitative estimate of drug-likeness (QED) is 0.913. The minimum atomic E-state index is 0.334. The monoisotopic (exact) mass is 276 g/mol. The fourth-order valence-electron chi connectivity index (χ4n) is 3.02. The fourth-order valence-corrected chi connectivity index (χ4v) is 3.02. The Hall–Kier alpha value is -1.58. The SMILES string of the molecule is CCC(CC)CN1c2cc3c(cc2NCC1C)OCO3. The lowest BCUT2D eigenvalue weighted by atomic mass is 10.00. The average Bonchev–Trinajstić information content (AvgIpc) is 2.92. The van der Waals surface area contributed by atoms with E-state index in [1.807, 2.05) is 0 Å². The van der Waals surface area contributed by atoms with Crippen molar-refractivity contribution in [1.29, 1.82) is 0 Å². The molecule has 0 fully saturated rings. The molecule has 2 aliphatic heterocycles. The lowest BCUT2D eigenvalue weighted by Crippen LogP contribution is -2.44. The summed E-state index contributed by atoms with van der Waals surface area (Å²) in [6.45, 7) is 9.27. The lowest BCUT2D eigenvalue weighted by Gasteiger charge is -2.39. The summed E-state index contributed by atoms with van der Waals surface area (Å²) in [5.41, 5.74) is 2.42. The summed E-state index contributed by atoms with van der Waals surface area (Å²) in [6.07, 6.45) is 2.46. The van der Waals surface area contributed by atoms with Gasteiger partial charge in [-0.1, -0.05) is 26.7 Å². The van der Waals surface area contributed by atoms with E-state index in [1.54, 1.807) is 0 Å². The molecule has 0 aromatic heterocycles. The van der Waals surface area contributed by atoms with Crippen LogP contribution in [0.15, 0.2) is 12.1 Å². The highest BCUT2D eigenvalue weighted by atomic mass is 16.7. The van der Waals surface area contributed by atoms with E-state index in [-0.39, 0.29) is 0 Å². The van der Waals surface area contributed by atoms with E-state index in [4.69, 9.17) is 9.47 Å². The number of hydrogen-bond donors (Lipinski definition) is 1. The van der Waals surface area contributed by atoms with Crippen molar-refractivity contribution < 1.29 is 9.47 Å². The number of anilines is 2. The summed E-state index contributed by atoms with van der Waals surface area (Å²) < 4.78 is 11.0. The molecule has 4 nitrogen and oxygen atoms in total. The molecule has 20 heavy (non-hydrogen) atoms. The second-order valence-electron chi connectivity index (χ2n) is 5.79. The molecular formula is C16H24N2O2. The van der Waals surface area contributed by atoms with Crippen LogP contribution in [0.25, 0.3) is 0 Å². The Labute approximate surface area is 121 Å². The van der Waals surface area contributed by atoms with E-state index in [0.717, 1.165) is 30.5 Å². The zero-order chi connectivity index (χ0) is 14.1. The molecule has 1 atom stereocenters. The van der Waals surface area contributed by atoms with Crippen molar-refractivity contribution in [2.45, 2.75) is 39.7 Å². The molecule has 0 radical (unpaired) electrons. The Bertz CT molecular complexity index is 486. The molecule has 2 heterocycles. The number of benzene rings is 1. The Morgan fingerprint density at radius 3 is 2.65 bits per heavy atom. The molecule has 1 N–H and O–H groups in total. The van der Waals surface area contributed by atoms with Crippen molar-refractivity contribution in [3.8, 4) is 11.5 Å². The van der Waals surface area contributed by atoms with E-state index in [1.165, 1.54) is 24.2 Å². The number of fused-ring (bicyclic) bond motifs is 2. The van der Waals surface area contributed by atoms with E-state index in [9.17, 15) is 0 Å². The summed E-state index contributed by atoms with van der Waals surface area (Å²) in [6, 6.07) is 4.70. The molecule has 110 valence electrons. The van der Waals surface area contributed by atoms with Gasteiger partial charge in [0.2, 0.25) is 6.79 Å². The molecule has 3 rings (SSSR count). The van der Waals surface area contributed by atoms with Crippen molar-refractivity contribution in [2.24, 2.45) is 5.92 Å². The molecule has 2 aliphatic rings. The van der Waals surface area contributed by atoms with Gasteiger partial charge < -0.3 is 19.7 Å². The van der Waals surface area contributed by atoms with Crippen LogP contribution in [0.5, 0.6) is 11.5 Å². The molecule has 1 aromatic carbocycles. The van der Waals surface area contributed by atoms with Crippen LogP contribution < -0.4 is 19.7 Å². The van der Waals surface area contributed by atoms with Crippen LogP contribution in [0.1, 0.15) is 33.6 Å². The zero-order valence-corrected chi connectivity index (χ0v) is 12.6. The number of nitrogens with zero attached hydrogens (tertiary/aromatic N) is 1. The second-order valence-corrected chi connectivity index (χ2v) is 5.79. The molecule has 1 aromatic rings. The van der Waals surface area contributed by atoms with Crippen LogP contribution in [0, 0.1) is 5.92 Å². The van der Waals surface area contributed by atoms with Gasteiger partial charge in [0.25, 0.3) is 0 Å². The van der Waals surface area contributed by atoms with Gasteiger partial charge in [-0.3, -0.25) is 0 Å². The van der Waals surface area contributed by atoms with Crippen molar-refractivity contribution in [3.63, 3.8) is 0 Å². The molecule has 0 amide bonds. The highest BCUT2D eigenvalue weighted by molar-refractivity contribution is 5.77. The van der Waals surface area contributed by atoms with Crippen LogP contribution in [-0.4, -0.2) is 25.9 Å². The van der Waals surface area contributed by atoms with Gasteiger partial charge in [-0.25, -0.2) is 0 Å². The lowest BCUT2D eigenvalue weighted by molar-refractivity contribution is 0.174. The number of rotatable bonds is 4. The van der Waals surface area contributed by atoms with Crippen LogP contribution in [0.3, 0.4) is 0 Å². The highest BCUT2D eigenvalue weighted by Crippen LogP contribution is 2.43. The van der Waals surface area contributed by atoms with Crippen LogP contribution in [0.2, 0.25) is 0 Å². The first-order valence-corrected chi connectivity index (χ1v) is 7.67. The summed E-state index contributed by atoms with van der Waals surface area (Å²) in [7, 11) is 0. The molecular weight excluding hydrogens is 252 g/mol. The van der Waals surface area contributed by atoms with Crippen LogP contribution in [0.4, 0.5) is 11.4 Å².